The lowest BCUT2D eigenvalue weighted by atomic mass is 9.81. The normalized spacial score (nSPS) is 16.7. The maximum Gasteiger partial charge on any atom is 0.0487 e. The molecule has 0 bridgehead atoms. The lowest BCUT2D eigenvalue weighted by molar-refractivity contribution is 0.639. The minimum Gasteiger partial charge on any atom is -0.310 e. The fourth-order valence-corrected chi connectivity index (χ4v) is 11.7. The second-order valence-corrected chi connectivity index (χ2v) is 18.8. The number of hydrogen-bond donors (Lipinski definition) is 0. The summed E-state index contributed by atoms with van der Waals surface area (Å²) >= 11 is 3.99. The lowest BCUT2D eigenvalue weighted by Crippen LogP contribution is -2.17. The summed E-state index contributed by atoms with van der Waals surface area (Å²) in [4.78, 5) is 5.36. The number of anilines is 3. The van der Waals surface area contributed by atoms with E-state index in [0.29, 0.717) is 0 Å². The molecular formula is C55H53NS2. The largest absolute Gasteiger partial charge is 0.310 e. The first-order chi connectivity index (χ1) is 28.1. The average Bonchev–Trinajstić information content (AvgIpc) is 3.87. The molecule has 290 valence electrons. The van der Waals surface area contributed by atoms with Crippen LogP contribution in [0.15, 0.2) is 180 Å². The predicted molar refractivity (Wildman–Crippen MR) is 257 cm³/mol. The molecule has 0 aromatic heterocycles. The van der Waals surface area contributed by atoms with Crippen molar-refractivity contribution in [2.75, 3.05) is 9.98 Å². The van der Waals surface area contributed by atoms with Gasteiger partial charge in [-0.05, 0) is 136 Å². The Labute approximate surface area is 355 Å². The van der Waals surface area contributed by atoms with Crippen LogP contribution >= 0.6 is 23.5 Å². The SMILES string of the molecule is C/C=C\C1=C(C)C(C)(C)c2cc(N(c3ccc(C4=CCCC=C4)cc3)c3ccc(-c4ccc5c(c4)C(C)(C)c4c-5ccc5c4SCS5)cc3)ccc21.C=C/C=C\C=C. The second kappa shape index (κ2) is 16.2. The quantitative estimate of drug-likeness (QED) is 0.144. The Morgan fingerprint density at radius 3 is 1.91 bits per heavy atom. The highest BCUT2D eigenvalue weighted by molar-refractivity contribution is 8.18. The first kappa shape index (κ1) is 39.6. The van der Waals surface area contributed by atoms with Crippen LogP contribution in [0.25, 0.3) is 33.4 Å². The maximum atomic E-state index is 3.46. The molecule has 9 rings (SSSR count). The summed E-state index contributed by atoms with van der Waals surface area (Å²) in [5.41, 5.74) is 19.8. The van der Waals surface area contributed by atoms with Crippen molar-refractivity contribution in [1.29, 1.82) is 0 Å². The van der Waals surface area contributed by atoms with Gasteiger partial charge in [0.25, 0.3) is 0 Å². The van der Waals surface area contributed by atoms with Gasteiger partial charge in [0.2, 0.25) is 0 Å². The molecule has 58 heavy (non-hydrogen) atoms. The van der Waals surface area contributed by atoms with Gasteiger partial charge >= 0.3 is 0 Å². The van der Waals surface area contributed by atoms with Crippen molar-refractivity contribution < 1.29 is 0 Å². The third kappa shape index (κ3) is 7.03. The summed E-state index contributed by atoms with van der Waals surface area (Å²) in [7, 11) is 0. The molecule has 0 atom stereocenters. The molecule has 3 aliphatic carbocycles. The number of benzene rings is 5. The maximum absolute atomic E-state index is 3.46. The van der Waals surface area contributed by atoms with Crippen LogP contribution in [-0.2, 0) is 10.8 Å². The van der Waals surface area contributed by atoms with Gasteiger partial charge in [-0.2, -0.15) is 0 Å². The van der Waals surface area contributed by atoms with Crippen molar-refractivity contribution >= 4 is 51.7 Å². The number of rotatable bonds is 8. The van der Waals surface area contributed by atoms with E-state index in [0.717, 1.165) is 29.3 Å². The van der Waals surface area contributed by atoms with Gasteiger partial charge in [0, 0.05) is 42.8 Å². The third-order valence-corrected chi connectivity index (χ3v) is 14.8. The first-order valence-electron chi connectivity index (χ1n) is 20.4. The van der Waals surface area contributed by atoms with Crippen LogP contribution in [0.5, 0.6) is 0 Å². The summed E-state index contributed by atoms with van der Waals surface area (Å²) in [6.07, 6.45) is 20.6. The molecule has 5 aromatic rings. The van der Waals surface area contributed by atoms with Gasteiger partial charge in [0.1, 0.15) is 0 Å². The molecule has 0 saturated carbocycles. The molecule has 0 unspecified atom stereocenters. The fourth-order valence-electron chi connectivity index (χ4n) is 9.01. The molecule has 0 saturated heterocycles. The van der Waals surface area contributed by atoms with E-state index in [1.165, 1.54) is 82.3 Å². The minimum atomic E-state index is -0.0437. The van der Waals surface area contributed by atoms with Crippen LogP contribution < -0.4 is 4.90 Å². The van der Waals surface area contributed by atoms with Gasteiger partial charge in [-0.1, -0.05) is 150 Å². The summed E-state index contributed by atoms with van der Waals surface area (Å²) < 4.78 is 0. The Hall–Kier alpha value is -5.22. The molecule has 0 radical (unpaired) electrons. The average molecular weight is 792 g/mol. The molecular weight excluding hydrogens is 739 g/mol. The molecule has 5 aromatic carbocycles. The number of fused-ring (bicyclic) bond motifs is 6. The van der Waals surface area contributed by atoms with E-state index in [-0.39, 0.29) is 10.8 Å². The number of thioether (sulfide) groups is 2. The van der Waals surface area contributed by atoms with E-state index in [1.54, 1.807) is 12.2 Å². The van der Waals surface area contributed by atoms with Crippen LogP contribution in [0.2, 0.25) is 0 Å². The summed E-state index contributed by atoms with van der Waals surface area (Å²) in [6.45, 7) is 20.9. The highest BCUT2D eigenvalue weighted by atomic mass is 32.2. The van der Waals surface area contributed by atoms with E-state index in [4.69, 9.17) is 0 Å². The zero-order valence-corrected chi connectivity index (χ0v) is 36.4. The van der Waals surface area contributed by atoms with E-state index in [1.807, 2.05) is 35.7 Å². The van der Waals surface area contributed by atoms with Gasteiger partial charge in [0.15, 0.2) is 0 Å². The van der Waals surface area contributed by atoms with Gasteiger partial charge in [-0.3, -0.25) is 0 Å². The molecule has 1 nitrogen and oxygen atoms in total. The molecule has 0 amide bonds. The summed E-state index contributed by atoms with van der Waals surface area (Å²) in [5.74, 6) is 0. The zero-order chi connectivity index (χ0) is 40.6. The van der Waals surface area contributed by atoms with Crippen LogP contribution in [0.1, 0.15) is 82.2 Å². The van der Waals surface area contributed by atoms with E-state index in [9.17, 15) is 0 Å². The zero-order valence-electron chi connectivity index (χ0n) is 34.7. The van der Waals surface area contributed by atoms with Crippen LogP contribution in [0.4, 0.5) is 17.1 Å². The lowest BCUT2D eigenvalue weighted by Gasteiger charge is -2.29. The smallest absolute Gasteiger partial charge is 0.0487 e. The molecule has 0 spiro atoms. The van der Waals surface area contributed by atoms with Crippen molar-refractivity contribution in [2.24, 2.45) is 0 Å². The van der Waals surface area contributed by atoms with Gasteiger partial charge < -0.3 is 4.90 Å². The molecule has 1 heterocycles. The highest BCUT2D eigenvalue weighted by Crippen LogP contribution is 2.57. The Balaban J connectivity index is 0.000000729. The van der Waals surface area contributed by atoms with Crippen molar-refractivity contribution in [1.82, 2.24) is 0 Å². The van der Waals surface area contributed by atoms with E-state index >= 15 is 0 Å². The van der Waals surface area contributed by atoms with Gasteiger partial charge in [0.05, 0.1) is 0 Å². The van der Waals surface area contributed by atoms with Crippen molar-refractivity contribution in [3.8, 4) is 22.3 Å². The van der Waals surface area contributed by atoms with Crippen molar-refractivity contribution in [2.45, 2.75) is 75.0 Å². The topological polar surface area (TPSA) is 3.24 Å². The Kier molecular flexibility index (Phi) is 11.1. The van der Waals surface area contributed by atoms with Crippen molar-refractivity contribution in [3.63, 3.8) is 0 Å². The summed E-state index contributed by atoms with van der Waals surface area (Å²) in [6, 6.07) is 37.2. The monoisotopic (exact) mass is 791 g/mol. The summed E-state index contributed by atoms with van der Waals surface area (Å²) in [5, 5.41) is 1.11. The molecule has 0 N–H and O–H groups in total. The van der Waals surface area contributed by atoms with Gasteiger partial charge in [-0.25, -0.2) is 0 Å². The number of allylic oxidation sites excluding steroid dienone is 12. The second-order valence-electron chi connectivity index (χ2n) is 16.4. The Morgan fingerprint density at radius 2 is 1.26 bits per heavy atom. The van der Waals surface area contributed by atoms with Crippen LogP contribution in [0.3, 0.4) is 0 Å². The highest BCUT2D eigenvalue weighted by Gasteiger charge is 2.40. The standard InChI is InChI=1S/C49H45NS2.C6H8/c1-7-11-39-31(2)48(3,4)44-29-38(23-25-40(39)44)50(36-19-14-33(15-20-36)32-12-9-8-10-13-32)37-21-16-34(17-22-37)35-18-24-41-42-26-27-45-47(52-30-51-45)46(42)49(5,6)43(41)28-35;1-3-5-6-4-2/h7,9,11-29H,8,10,30H2,1-6H3;3-6H,1-2H2/b11-7-;6-5-. The molecule has 0 fully saturated rings. The number of nitrogens with zero attached hydrogens (tertiary/aromatic N) is 1. The fraction of sp³-hybridized carbons (Fsp3) is 0.200. The van der Waals surface area contributed by atoms with E-state index in [2.05, 4.69) is 187 Å². The molecule has 3 heteroatoms. The van der Waals surface area contributed by atoms with Crippen LogP contribution in [0, 0.1) is 0 Å². The minimum absolute atomic E-state index is 0.0301. The third-order valence-electron chi connectivity index (χ3n) is 12.3. The molecule has 1 aliphatic heterocycles. The van der Waals surface area contributed by atoms with E-state index < -0.39 is 0 Å². The predicted octanol–water partition coefficient (Wildman–Crippen LogP) is 16.6. The molecule has 4 aliphatic rings. The Morgan fingerprint density at radius 1 is 0.638 bits per heavy atom. The number of hydrogen-bond acceptors (Lipinski definition) is 3. The Bertz CT molecular complexity index is 2560. The van der Waals surface area contributed by atoms with Gasteiger partial charge in [-0.15, -0.1) is 23.5 Å². The van der Waals surface area contributed by atoms with Crippen molar-refractivity contribution in [3.05, 3.63) is 198 Å². The first-order valence-corrected chi connectivity index (χ1v) is 22.4. The van der Waals surface area contributed by atoms with Crippen LogP contribution in [-0.4, -0.2) is 5.08 Å².